The molecule has 1 aromatic heterocycles. The largest absolute Gasteiger partial charge is 0.377 e. The van der Waals surface area contributed by atoms with Crippen LogP contribution in [0.15, 0.2) is 53.4 Å². The molecule has 0 atom stereocenters. The molecule has 0 fully saturated rings. The van der Waals surface area contributed by atoms with Crippen LogP contribution < -0.4 is 10.6 Å². The van der Waals surface area contributed by atoms with Gasteiger partial charge >= 0.3 is 0 Å². The zero-order valence-electron chi connectivity index (χ0n) is 16.0. The molecule has 150 valence electrons. The Kier molecular flexibility index (Phi) is 7.34. The summed E-state index contributed by atoms with van der Waals surface area (Å²) in [4.78, 5) is 26.0. The van der Waals surface area contributed by atoms with Gasteiger partial charge in [0.05, 0.1) is 6.61 Å². The van der Waals surface area contributed by atoms with E-state index in [1.807, 2.05) is 30.5 Å². The standard InChI is InChI=1S/C20H20N4O3S2/c1-27-12-17-23-24-20(29-17)19(26)22-15-5-3-4-14(10-15)18(25)21-11-13-6-8-16(28-2)9-7-13/h3-10H,11-12H2,1-2H3,(H,21,25)(H,22,26). The average Bonchev–Trinajstić information content (AvgIpc) is 3.22. The number of nitrogens with one attached hydrogen (secondary N) is 2. The summed E-state index contributed by atoms with van der Waals surface area (Å²) in [6, 6.07) is 14.8. The summed E-state index contributed by atoms with van der Waals surface area (Å²) in [6.45, 7) is 0.734. The quantitative estimate of drug-likeness (QED) is 0.533. The predicted octanol–water partition coefficient (Wildman–Crippen LogP) is 3.59. The third-order valence-corrected chi connectivity index (χ3v) is 5.56. The molecule has 0 saturated carbocycles. The molecule has 2 aromatic carbocycles. The molecule has 0 spiro atoms. The number of carbonyl (C=O) groups is 2. The molecule has 0 radical (unpaired) electrons. The molecule has 9 heteroatoms. The monoisotopic (exact) mass is 428 g/mol. The fraction of sp³-hybridized carbons (Fsp3) is 0.200. The van der Waals surface area contributed by atoms with Gasteiger partial charge in [0.25, 0.3) is 11.8 Å². The van der Waals surface area contributed by atoms with E-state index in [9.17, 15) is 9.59 Å². The third-order valence-electron chi connectivity index (χ3n) is 3.92. The maximum atomic E-state index is 12.5. The number of ether oxygens (including phenoxy) is 1. The van der Waals surface area contributed by atoms with Crippen LogP contribution in [0.3, 0.4) is 0 Å². The second-order valence-corrected chi connectivity index (χ2v) is 7.94. The maximum absolute atomic E-state index is 12.5. The molecular formula is C20H20N4O3S2. The predicted molar refractivity (Wildman–Crippen MR) is 114 cm³/mol. The van der Waals surface area contributed by atoms with E-state index < -0.39 is 0 Å². The summed E-state index contributed by atoms with van der Waals surface area (Å²) in [5, 5.41) is 14.2. The lowest BCUT2D eigenvalue weighted by Gasteiger charge is -2.08. The van der Waals surface area contributed by atoms with Crippen molar-refractivity contribution in [2.75, 3.05) is 18.7 Å². The molecule has 2 N–H and O–H groups in total. The number of carbonyl (C=O) groups excluding carboxylic acids is 2. The molecule has 3 aromatic rings. The van der Waals surface area contributed by atoms with Gasteiger partial charge < -0.3 is 15.4 Å². The molecule has 2 amide bonds. The Morgan fingerprint density at radius 2 is 1.90 bits per heavy atom. The Labute approximate surface area is 176 Å². The lowest BCUT2D eigenvalue weighted by Crippen LogP contribution is -2.23. The van der Waals surface area contributed by atoms with E-state index in [0.717, 1.165) is 16.9 Å². The van der Waals surface area contributed by atoms with Crippen molar-refractivity contribution >= 4 is 40.6 Å². The van der Waals surface area contributed by atoms with Gasteiger partial charge in [0.1, 0.15) is 5.01 Å². The zero-order valence-corrected chi connectivity index (χ0v) is 17.6. The second kappa shape index (κ2) is 10.1. The lowest BCUT2D eigenvalue weighted by molar-refractivity contribution is 0.0949. The summed E-state index contributed by atoms with van der Waals surface area (Å²) >= 11 is 2.84. The molecule has 0 aliphatic rings. The van der Waals surface area contributed by atoms with E-state index >= 15 is 0 Å². The van der Waals surface area contributed by atoms with Crippen LogP contribution in [-0.2, 0) is 17.9 Å². The van der Waals surface area contributed by atoms with Gasteiger partial charge in [-0.15, -0.1) is 22.0 Å². The highest BCUT2D eigenvalue weighted by atomic mass is 32.2. The SMILES string of the molecule is COCc1nnc(C(=O)Nc2cccc(C(=O)NCc3ccc(SC)cc3)c2)s1. The minimum absolute atomic E-state index is 0.215. The van der Waals surface area contributed by atoms with E-state index in [4.69, 9.17) is 4.74 Å². The van der Waals surface area contributed by atoms with Crippen molar-refractivity contribution in [3.05, 3.63) is 69.7 Å². The maximum Gasteiger partial charge on any atom is 0.286 e. The van der Waals surface area contributed by atoms with Crippen molar-refractivity contribution in [1.82, 2.24) is 15.5 Å². The van der Waals surface area contributed by atoms with Crippen LogP contribution in [0.1, 0.15) is 30.7 Å². The first-order valence-electron chi connectivity index (χ1n) is 8.73. The first kappa shape index (κ1) is 21.0. The fourth-order valence-corrected chi connectivity index (χ4v) is 3.59. The summed E-state index contributed by atoms with van der Waals surface area (Å²) in [5.41, 5.74) is 1.99. The highest BCUT2D eigenvalue weighted by molar-refractivity contribution is 7.98. The normalized spacial score (nSPS) is 10.6. The Morgan fingerprint density at radius 3 is 2.62 bits per heavy atom. The van der Waals surface area contributed by atoms with Gasteiger partial charge in [-0.25, -0.2) is 0 Å². The number of hydrogen-bond acceptors (Lipinski definition) is 7. The van der Waals surface area contributed by atoms with E-state index in [-0.39, 0.29) is 16.8 Å². The Hall–Kier alpha value is -2.75. The van der Waals surface area contributed by atoms with Gasteiger partial charge in [0, 0.05) is 29.8 Å². The molecule has 0 aliphatic heterocycles. The Balaban J connectivity index is 1.60. The van der Waals surface area contributed by atoms with Crippen LogP contribution >= 0.6 is 23.1 Å². The van der Waals surface area contributed by atoms with Crippen molar-refractivity contribution < 1.29 is 14.3 Å². The third kappa shape index (κ3) is 5.86. The summed E-state index contributed by atoms with van der Waals surface area (Å²) < 4.78 is 4.98. The van der Waals surface area contributed by atoms with E-state index in [1.165, 1.54) is 4.90 Å². The van der Waals surface area contributed by atoms with Crippen LogP contribution in [0.2, 0.25) is 0 Å². The van der Waals surface area contributed by atoms with Gasteiger partial charge in [-0.05, 0) is 42.2 Å². The van der Waals surface area contributed by atoms with Gasteiger partial charge in [-0.2, -0.15) is 0 Å². The van der Waals surface area contributed by atoms with E-state index in [2.05, 4.69) is 20.8 Å². The number of aromatic nitrogens is 2. The molecular weight excluding hydrogens is 408 g/mol. The van der Waals surface area contributed by atoms with Crippen molar-refractivity contribution in [2.24, 2.45) is 0 Å². The molecule has 3 rings (SSSR count). The average molecular weight is 429 g/mol. The first-order valence-corrected chi connectivity index (χ1v) is 10.8. The zero-order chi connectivity index (χ0) is 20.6. The van der Waals surface area contributed by atoms with E-state index in [1.54, 1.807) is 43.1 Å². The van der Waals surface area contributed by atoms with Crippen LogP contribution in [0.4, 0.5) is 5.69 Å². The first-order chi connectivity index (χ1) is 14.1. The molecule has 29 heavy (non-hydrogen) atoms. The molecule has 0 aliphatic carbocycles. The Bertz CT molecular complexity index is 989. The highest BCUT2D eigenvalue weighted by Crippen LogP contribution is 2.17. The highest BCUT2D eigenvalue weighted by Gasteiger charge is 2.14. The van der Waals surface area contributed by atoms with Crippen LogP contribution in [0.25, 0.3) is 0 Å². The van der Waals surface area contributed by atoms with Gasteiger partial charge in [-0.1, -0.05) is 29.5 Å². The minimum Gasteiger partial charge on any atom is -0.377 e. The number of methoxy groups -OCH3 is 1. The summed E-state index contributed by atoms with van der Waals surface area (Å²) in [7, 11) is 1.55. The Morgan fingerprint density at radius 1 is 1.10 bits per heavy atom. The summed E-state index contributed by atoms with van der Waals surface area (Å²) in [5.74, 6) is -0.593. The van der Waals surface area contributed by atoms with Crippen molar-refractivity contribution in [1.29, 1.82) is 0 Å². The lowest BCUT2D eigenvalue weighted by atomic mass is 10.1. The second-order valence-electron chi connectivity index (χ2n) is 6.00. The van der Waals surface area contributed by atoms with Crippen molar-refractivity contribution in [3.8, 4) is 0 Å². The molecule has 0 unspecified atom stereocenters. The summed E-state index contributed by atoms with van der Waals surface area (Å²) in [6.07, 6.45) is 2.02. The van der Waals surface area contributed by atoms with Gasteiger partial charge in [0.2, 0.25) is 5.01 Å². The minimum atomic E-state index is -0.378. The number of nitrogens with zero attached hydrogens (tertiary/aromatic N) is 2. The molecule has 0 saturated heterocycles. The number of rotatable bonds is 8. The van der Waals surface area contributed by atoms with Crippen molar-refractivity contribution in [2.45, 2.75) is 18.0 Å². The number of thioether (sulfide) groups is 1. The van der Waals surface area contributed by atoms with Crippen molar-refractivity contribution in [3.63, 3.8) is 0 Å². The molecule has 7 nitrogen and oxygen atoms in total. The fourth-order valence-electron chi connectivity index (χ4n) is 2.48. The topological polar surface area (TPSA) is 93.2 Å². The number of hydrogen-bond donors (Lipinski definition) is 2. The number of amides is 2. The van der Waals surface area contributed by atoms with Gasteiger partial charge in [0.15, 0.2) is 0 Å². The van der Waals surface area contributed by atoms with Gasteiger partial charge in [-0.3, -0.25) is 9.59 Å². The molecule has 1 heterocycles. The number of anilines is 1. The number of benzene rings is 2. The van der Waals surface area contributed by atoms with Crippen LogP contribution in [0.5, 0.6) is 0 Å². The van der Waals surface area contributed by atoms with E-state index in [0.29, 0.717) is 29.4 Å². The molecule has 0 bridgehead atoms. The smallest absolute Gasteiger partial charge is 0.286 e. The van der Waals surface area contributed by atoms with Crippen LogP contribution in [0, 0.1) is 0 Å². The van der Waals surface area contributed by atoms with Crippen LogP contribution in [-0.4, -0.2) is 35.4 Å².